The first-order chi connectivity index (χ1) is 7.92. The molecule has 0 radical (unpaired) electrons. The molecule has 6 nitrogen and oxygen atoms in total. The lowest BCUT2D eigenvalue weighted by atomic mass is 10.4. The van der Waals surface area contributed by atoms with Crippen molar-refractivity contribution in [1.29, 1.82) is 0 Å². The summed E-state index contributed by atoms with van der Waals surface area (Å²) in [6.07, 6.45) is 2.40. The molecule has 1 aliphatic carbocycles. The molecule has 0 aromatic carbocycles. The number of fused-ring (bicyclic) bond motifs is 1. The third kappa shape index (κ3) is 1.20. The molecule has 3 aromatic heterocycles. The van der Waals surface area contributed by atoms with E-state index in [1.54, 1.807) is 0 Å². The molecule has 0 bridgehead atoms. The smallest absolute Gasteiger partial charge is 0.187 e. The summed E-state index contributed by atoms with van der Waals surface area (Å²) in [5.74, 6) is 1.54. The average Bonchev–Trinajstić information content (AvgIpc) is 2.76. The molecule has 1 saturated carbocycles. The van der Waals surface area contributed by atoms with Gasteiger partial charge in [0.1, 0.15) is 5.69 Å². The van der Waals surface area contributed by atoms with Crippen LogP contribution in [0, 0.1) is 0 Å². The first-order valence-electron chi connectivity index (χ1n) is 4.91. The van der Waals surface area contributed by atoms with E-state index in [4.69, 9.17) is 0 Å². The van der Waals surface area contributed by atoms with E-state index in [0.29, 0.717) is 5.92 Å². The lowest BCUT2D eigenvalue weighted by Crippen LogP contribution is -1.93. The Balaban J connectivity index is 1.90. The van der Waals surface area contributed by atoms with Crippen molar-refractivity contribution in [1.82, 2.24) is 29.4 Å². The molecular weight excluding hydrogens is 244 g/mol. The minimum atomic E-state index is 0.554. The maximum Gasteiger partial charge on any atom is 0.235 e. The summed E-state index contributed by atoms with van der Waals surface area (Å²) in [6, 6.07) is 0. The second-order valence-corrected chi connectivity index (χ2v) is 5.29. The van der Waals surface area contributed by atoms with E-state index in [0.717, 1.165) is 21.5 Å². The third-order valence-electron chi connectivity index (χ3n) is 2.54. The molecule has 1 aliphatic rings. The third-order valence-corrected chi connectivity index (χ3v) is 3.96. The average molecular weight is 250 g/mol. The molecule has 0 aliphatic heterocycles. The SMILES string of the molecule is c1snnc1-c1nn2c(C3CC3)nnc2s1. The van der Waals surface area contributed by atoms with E-state index in [1.165, 1.54) is 35.7 Å². The number of hydrogen-bond donors (Lipinski definition) is 0. The van der Waals surface area contributed by atoms with Gasteiger partial charge in [-0.2, -0.15) is 9.61 Å². The van der Waals surface area contributed by atoms with Crippen LogP contribution in [-0.4, -0.2) is 29.4 Å². The minimum Gasteiger partial charge on any atom is -0.187 e. The molecule has 4 rings (SSSR count). The van der Waals surface area contributed by atoms with Gasteiger partial charge in [-0.1, -0.05) is 15.8 Å². The van der Waals surface area contributed by atoms with Gasteiger partial charge in [-0.25, -0.2) is 0 Å². The highest BCUT2D eigenvalue weighted by Crippen LogP contribution is 2.39. The first-order valence-corrected chi connectivity index (χ1v) is 6.57. The van der Waals surface area contributed by atoms with Gasteiger partial charge in [0.25, 0.3) is 0 Å². The van der Waals surface area contributed by atoms with Gasteiger partial charge in [-0.3, -0.25) is 0 Å². The fourth-order valence-corrected chi connectivity index (χ4v) is 2.91. The van der Waals surface area contributed by atoms with Gasteiger partial charge in [0.15, 0.2) is 10.8 Å². The van der Waals surface area contributed by atoms with E-state index in [1.807, 2.05) is 9.90 Å². The molecule has 0 N–H and O–H groups in total. The van der Waals surface area contributed by atoms with Crippen LogP contribution in [0.1, 0.15) is 24.6 Å². The van der Waals surface area contributed by atoms with Crippen LogP contribution >= 0.6 is 22.9 Å². The molecule has 1 fully saturated rings. The van der Waals surface area contributed by atoms with E-state index >= 15 is 0 Å². The zero-order chi connectivity index (χ0) is 10.5. The predicted molar refractivity (Wildman–Crippen MR) is 59.5 cm³/mol. The summed E-state index contributed by atoms with van der Waals surface area (Å²) in [5.41, 5.74) is 0.822. The van der Waals surface area contributed by atoms with Crippen LogP contribution in [-0.2, 0) is 0 Å². The Hall–Kier alpha value is -1.41. The summed E-state index contributed by atoms with van der Waals surface area (Å²) < 4.78 is 5.68. The fourth-order valence-electron chi connectivity index (χ4n) is 1.59. The van der Waals surface area contributed by atoms with Gasteiger partial charge in [-0.15, -0.1) is 15.3 Å². The minimum absolute atomic E-state index is 0.554. The molecule has 3 heterocycles. The van der Waals surface area contributed by atoms with Gasteiger partial charge in [-0.05, 0) is 24.4 Å². The standard InChI is InChI=1S/C8H6N6S2/c1-2-4(1)6-10-11-8-14(6)12-7(16-8)5-3-15-13-9-5/h3-4H,1-2H2. The van der Waals surface area contributed by atoms with Crippen molar-refractivity contribution in [3.8, 4) is 10.7 Å². The van der Waals surface area contributed by atoms with Crippen molar-refractivity contribution in [3.05, 3.63) is 11.2 Å². The number of hydrogen-bond acceptors (Lipinski definition) is 7. The second kappa shape index (κ2) is 3.05. The van der Waals surface area contributed by atoms with Crippen LogP contribution in [0.15, 0.2) is 5.38 Å². The topological polar surface area (TPSA) is 68.9 Å². The van der Waals surface area contributed by atoms with Crippen LogP contribution in [0.4, 0.5) is 0 Å². The summed E-state index contributed by atoms with van der Waals surface area (Å²) in [5, 5.41) is 19.6. The van der Waals surface area contributed by atoms with Crippen molar-refractivity contribution in [3.63, 3.8) is 0 Å². The van der Waals surface area contributed by atoms with Crippen LogP contribution in [0.5, 0.6) is 0 Å². The molecule has 3 aromatic rings. The lowest BCUT2D eigenvalue weighted by Gasteiger charge is -1.88. The number of rotatable bonds is 2. The summed E-state index contributed by atoms with van der Waals surface area (Å²) in [6.45, 7) is 0. The largest absolute Gasteiger partial charge is 0.235 e. The Bertz CT molecular complexity index is 635. The van der Waals surface area contributed by atoms with Crippen molar-refractivity contribution in [2.75, 3.05) is 0 Å². The Morgan fingerprint density at radius 2 is 2.19 bits per heavy atom. The fraction of sp³-hybridized carbons (Fsp3) is 0.375. The van der Waals surface area contributed by atoms with Gasteiger partial charge < -0.3 is 0 Å². The Labute approximate surface area is 98.1 Å². The van der Waals surface area contributed by atoms with E-state index in [2.05, 4.69) is 24.9 Å². The highest BCUT2D eigenvalue weighted by molar-refractivity contribution is 7.20. The zero-order valence-electron chi connectivity index (χ0n) is 8.07. The molecule has 0 saturated heterocycles. The molecule has 0 spiro atoms. The quantitative estimate of drug-likeness (QED) is 0.690. The monoisotopic (exact) mass is 250 g/mol. The summed E-state index contributed by atoms with van der Waals surface area (Å²) >= 11 is 2.83. The van der Waals surface area contributed by atoms with Crippen molar-refractivity contribution in [2.45, 2.75) is 18.8 Å². The predicted octanol–water partition coefficient (Wildman–Crippen LogP) is 1.58. The van der Waals surface area contributed by atoms with Crippen LogP contribution in [0.25, 0.3) is 15.7 Å². The molecule has 8 heteroatoms. The van der Waals surface area contributed by atoms with E-state index < -0.39 is 0 Å². The van der Waals surface area contributed by atoms with Crippen LogP contribution in [0.3, 0.4) is 0 Å². The number of aromatic nitrogens is 6. The van der Waals surface area contributed by atoms with Gasteiger partial charge in [0.05, 0.1) is 0 Å². The van der Waals surface area contributed by atoms with Gasteiger partial charge in [0.2, 0.25) is 4.96 Å². The van der Waals surface area contributed by atoms with E-state index in [-0.39, 0.29) is 0 Å². The Kier molecular flexibility index (Phi) is 1.66. The molecule has 0 amide bonds. The zero-order valence-corrected chi connectivity index (χ0v) is 9.70. The van der Waals surface area contributed by atoms with Gasteiger partial charge in [0, 0.05) is 11.3 Å². The molecule has 0 atom stereocenters. The van der Waals surface area contributed by atoms with E-state index in [9.17, 15) is 0 Å². The first kappa shape index (κ1) is 8.71. The summed E-state index contributed by atoms with van der Waals surface area (Å²) in [4.78, 5) is 0.838. The molecule has 0 unspecified atom stereocenters. The molecule has 80 valence electrons. The van der Waals surface area contributed by atoms with Crippen LogP contribution in [0.2, 0.25) is 0 Å². The Morgan fingerprint density at radius 3 is 2.94 bits per heavy atom. The molecule has 16 heavy (non-hydrogen) atoms. The van der Waals surface area contributed by atoms with Gasteiger partial charge >= 0.3 is 0 Å². The Morgan fingerprint density at radius 1 is 1.25 bits per heavy atom. The second-order valence-electron chi connectivity index (χ2n) is 3.72. The highest BCUT2D eigenvalue weighted by Gasteiger charge is 2.30. The van der Waals surface area contributed by atoms with Crippen LogP contribution < -0.4 is 0 Å². The number of nitrogens with zero attached hydrogens (tertiary/aromatic N) is 6. The normalized spacial score (nSPS) is 16.0. The summed E-state index contributed by atoms with van der Waals surface area (Å²) in [7, 11) is 0. The lowest BCUT2D eigenvalue weighted by molar-refractivity contribution is 0.827. The maximum atomic E-state index is 4.49. The van der Waals surface area contributed by atoms with Crippen molar-refractivity contribution < 1.29 is 0 Å². The maximum absolute atomic E-state index is 4.49. The van der Waals surface area contributed by atoms with Crippen molar-refractivity contribution in [2.24, 2.45) is 0 Å². The molecular formula is C8H6N6S2. The highest BCUT2D eigenvalue weighted by atomic mass is 32.1. The van der Waals surface area contributed by atoms with Crippen molar-refractivity contribution >= 4 is 27.8 Å².